The lowest BCUT2D eigenvalue weighted by Crippen LogP contribution is -2.42. The molecule has 0 aromatic carbocycles. The zero-order chi connectivity index (χ0) is 6.73. The van der Waals surface area contributed by atoms with Gasteiger partial charge in [-0.15, -0.1) is 0 Å². The van der Waals surface area contributed by atoms with Gasteiger partial charge in [-0.05, 0) is 21.0 Å². The summed E-state index contributed by atoms with van der Waals surface area (Å²) in [5, 5.41) is 9.99. The van der Waals surface area contributed by atoms with E-state index < -0.39 is 12.0 Å². The fourth-order valence-electron chi connectivity index (χ4n) is 0.211. The van der Waals surface area contributed by atoms with E-state index in [0.717, 1.165) is 0 Å². The molecule has 0 aliphatic rings. The maximum absolute atomic E-state index is 9.99. The number of hydrogen-bond acceptors (Lipinski definition) is 3. The molecule has 0 aliphatic heterocycles. The molecular formula is C5H10NO2-. The van der Waals surface area contributed by atoms with E-state index in [2.05, 4.69) is 0 Å². The average molecular weight is 116 g/mol. The number of likely N-dealkylation sites (N-methyl/N-ethyl adjacent to an activating group) is 1. The van der Waals surface area contributed by atoms with Crippen molar-refractivity contribution in [2.45, 2.75) is 13.0 Å². The van der Waals surface area contributed by atoms with E-state index in [9.17, 15) is 9.90 Å². The molecule has 0 heterocycles. The number of carbonyl (C=O) groups is 1. The topological polar surface area (TPSA) is 43.4 Å². The van der Waals surface area contributed by atoms with Crippen molar-refractivity contribution in [2.75, 3.05) is 14.1 Å². The van der Waals surface area contributed by atoms with Crippen molar-refractivity contribution < 1.29 is 9.90 Å². The molecule has 0 N–H and O–H groups in total. The molecule has 0 amide bonds. The Balaban J connectivity index is 3.64. The van der Waals surface area contributed by atoms with Crippen molar-refractivity contribution in [3.8, 4) is 0 Å². The Hall–Kier alpha value is -0.570. The Bertz CT molecular complexity index is 90.4. The molecule has 3 heteroatoms. The van der Waals surface area contributed by atoms with Crippen LogP contribution in [0.15, 0.2) is 0 Å². The van der Waals surface area contributed by atoms with E-state index in [-0.39, 0.29) is 0 Å². The first-order valence-corrected chi connectivity index (χ1v) is 2.43. The molecule has 3 nitrogen and oxygen atoms in total. The first-order chi connectivity index (χ1) is 3.55. The third-order valence-electron chi connectivity index (χ3n) is 1.12. The van der Waals surface area contributed by atoms with Crippen LogP contribution >= 0.6 is 0 Å². The number of carboxylic acid groups (broad SMARTS) is 1. The van der Waals surface area contributed by atoms with E-state index in [1.54, 1.807) is 25.9 Å². The minimum absolute atomic E-state index is 0.491. The molecule has 0 spiro atoms. The van der Waals surface area contributed by atoms with E-state index in [1.165, 1.54) is 0 Å². The zero-order valence-corrected chi connectivity index (χ0v) is 5.34. The van der Waals surface area contributed by atoms with Gasteiger partial charge in [-0.1, -0.05) is 0 Å². The summed E-state index contributed by atoms with van der Waals surface area (Å²) in [6.45, 7) is 1.58. The predicted octanol–water partition coefficient (Wildman–Crippen LogP) is -1.31. The van der Waals surface area contributed by atoms with Gasteiger partial charge >= 0.3 is 0 Å². The smallest absolute Gasteiger partial charge is 0.0583 e. The van der Waals surface area contributed by atoms with Crippen LogP contribution in [0.3, 0.4) is 0 Å². The summed E-state index contributed by atoms with van der Waals surface area (Å²) in [5.41, 5.74) is 0. The van der Waals surface area contributed by atoms with Crippen molar-refractivity contribution in [3.63, 3.8) is 0 Å². The lowest BCUT2D eigenvalue weighted by Gasteiger charge is -2.19. The van der Waals surface area contributed by atoms with Crippen molar-refractivity contribution in [1.82, 2.24) is 4.90 Å². The number of carbonyl (C=O) groups excluding carboxylic acids is 1. The Morgan fingerprint density at radius 1 is 1.62 bits per heavy atom. The second kappa shape index (κ2) is 2.67. The van der Waals surface area contributed by atoms with Crippen LogP contribution in [-0.4, -0.2) is 31.0 Å². The van der Waals surface area contributed by atoms with Crippen molar-refractivity contribution in [1.29, 1.82) is 0 Å². The minimum Gasteiger partial charge on any atom is -0.548 e. The van der Waals surface area contributed by atoms with Gasteiger partial charge in [0.15, 0.2) is 0 Å². The highest BCUT2D eigenvalue weighted by Crippen LogP contribution is 1.86. The molecule has 0 aromatic heterocycles. The van der Waals surface area contributed by atoms with Gasteiger partial charge in [0.05, 0.1) is 5.97 Å². The predicted molar refractivity (Wildman–Crippen MR) is 28.2 cm³/mol. The van der Waals surface area contributed by atoms with Crippen LogP contribution in [0, 0.1) is 0 Å². The van der Waals surface area contributed by atoms with E-state index in [0.29, 0.717) is 0 Å². The Morgan fingerprint density at radius 3 is 2.00 bits per heavy atom. The zero-order valence-electron chi connectivity index (χ0n) is 5.34. The lowest BCUT2D eigenvalue weighted by atomic mass is 10.3. The van der Waals surface area contributed by atoms with Crippen molar-refractivity contribution in [2.24, 2.45) is 0 Å². The van der Waals surface area contributed by atoms with Gasteiger partial charge in [0, 0.05) is 6.04 Å². The average Bonchev–Trinajstić information content (AvgIpc) is 1.64. The van der Waals surface area contributed by atoms with Gasteiger partial charge < -0.3 is 14.8 Å². The molecule has 8 heavy (non-hydrogen) atoms. The van der Waals surface area contributed by atoms with Gasteiger partial charge in [0.25, 0.3) is 0 Å². The van der Waals surface area contributed by atoms with E-state index >= 15 is 0 Å². The summed E-state index contributed by atoms with van der Waals surface area (Å²) in [4.78, 5) is 11.6. The molecule has 1 atom stereocenters. The van der Waals surface area contributed by atoms with E-state index in [1.807, 2.05) is 0 Å². The second-order valence-corrected chi connectivity index (χ2v) is 1.96. The molecule has 0 rings (SSSR count). The van der Waals surface area contributed by atoms with Gasteiger partial charge in [0.2, 0.25) is 0 Å². The van der Waals surface area contributed by atoms with Crippen LogP contribution in [0.2, 0.25) is 0 Å². The Labute approximate surface area is 48.9 Å². The highest BCUT2D eigenvalue weighted by Gasteiger charge is 2.02. The second-order valence-electron chi connectivity index (χ2n) is 1.96. The first-order valence-electron chi connectivity index (χ1n) is 2.43. The molecule has 0 radical (unpaired) electrons. The van der Waals surface area contributed by atoms with Crippen LogP contribution in [0.4, 0.5) is 0 Å². The molecule has 0 fully saturated rings. The molecule has 0 saturated carbocycles. The van der Waals surface area contributed by atoms with Crippen LogP contribution < -0.4 is 5.11 Å². The van der Waals surface area contributed by atoms with Crippen LogP contribution in [-0.2, 0) is 4.79 Å². The Morgan fingerprint density at radius 2 is 2.00 bits per heavy atom. The minimum atomic E-state index is -1.03. The molecular weight excluding hydrogens is 106 g/mol. The van der Waals surface area contributed by atoms with Crippen LogP contribution in [0.25, 0.3) is 0 Å². The summed E-state index contributed by atoms with van der Waals surface area (Å²) < 4.78 is 0. The van der Waals surface area contributed by atoms with Crippen LogP contribution in [0.5, 0.6) is 0 Å². The van der Waals surface area contributed by atoms with Crippen molar-refractivity contribution in [3.05, 3.63) is 0 Å². The SMILES string of the molecule is C[C@@H](C(=O)[O-])N(C)C. The third-order valence-corrected chi connectivity index (χ3v) is 1.12. The highest BCUT2D eigenvalue weighted by atomic mass is 16.4. The van der Waals surface area contributed by atoms with Crippen molar-refractivity contribution >= 4 is 5.97 Å². The summed E-state index contributed by atoms with van der Waals surface area (Å²) in [6, 6.07) is -0.491. The van der Waals surface area contributed by atoms with E-state index in [4.69, 9.17) is 0 Å². The van der Waals surface area contributed by atoms with Gasteiger partial charge in [-0.25, -0.2) is 0 Å². The lowest BCUT2D eigenvalue weighted by molar-refractivity contribution is -0.310. The number of aliphatic carboxylic acids is 1. The largest absolute Gasteiger partial charge is 0.548 e. The number of nitrogens with zero attached hydrogens (tertiary/aromatic N) is 1. The third kappa shape index (κ3) is 1.93. The van der Waals surface area contributed by atoms with Crippen LogP contribution in [0.1, 0.15) is 6.92 Å². The van der Waals surface area contributed by atoms with Gasteiger partial charge in [-0.3, -0.25) is 0 Å². The quantitative estimate of drug-likeness (QED) is 0.449. The molecule has 0 aliphatic carbocycles. The van der Waals surface area contributed by atoms with Gasteiger partial charge in [0.1, 0.15) is 0 Å². The number of rotatable bonds is 2. The molecule has 0 bridgehead atoms. The monoisotopic (exact) mass is 116 g/mol. The molecule has 0 unspecified atom stereocenters. The molecule has 0 saturated heterocycles. The maximum atomic E-state index is 9.99. The summed E-state index contributed by atoms with van der Waals surface area (Å²) in [7, 11) is 3.39. The van der Waals surface area contributed by atoms with Gasteiger partial charge in [-0.2, -0.15) is 0 Å². The highest BCUT2D eigenvalue weighted by molar-refractivity contribution is 5.70. The number of carboxylic acids is 1. The summed E-state index contributed by atoms with van der Waals surface area (Å²) >= 11 is 0. The standard InChI is InChI=1S/C5H11NO2/c1-4(5(7)8)6(2)3/h4H,1-3H3,(H,7,8)/p-1/t4-/m0/s1. The number of hydrogen-bond donors (Lipinski definition) is 0. The molecule has 0 aromatic rings. The fourth-order valence-corrected chi connectivity index (χ4v) is 0.211. The maximum Gasteiger partial charge on any atom is 0.0583 e. The normalized spacial score (nSPS) is 14.0. The summed E-state index contributed by atoms with van der Waals surface area (Å²) in [6.07, 6.45) is 0. The fraction of sp³-hybridized carbons (Fsp3) is 0.800. The Kier molecular flexibility index (Phi) is 2.48. The first kappa shape index (κ1) is 7.43. The molecule has 48 valence electrons. The summed E-state index contributed by atoms with van der Waals surface area (Å²) in [5.74, 6) is -1.03.